The van der Waals surface area contributed by atoms with Gasteiger partial charge in [0.2, 0.25) is 0 Å². The van der Waals surface area contributed by atoms with Gasteiger partial charge in [-0.05, 0) is 35.0 Å². The number of hydrogen-bond acceptors (Lipinski definition) is 14. The minimum atomic E-state index is -5.38. The Kier molecular flexibility index (Phi) is 7.11. The Balaban J connectivity index is 2.14. The van der Waals surface area contributed by atoms with Crippen molar-refractivity contribution in [2.75, 3.05) is 0 Å². The quantitative estimate of drug-likeness (QED) is 0.108. The molecule has 0 radical (unpaired) electrons. The van der Waals surface area contributed by atoms with Crippen LogP contribution in [-0.2, 0) is 40.5 Å². The molecule has 0 heterocycles. The van der Waals surface area contributed by atoms with E-state index in [1.165, 1.54) is 0 Å². The fourth-order valence-electron chi connectivity index (χ4n) is 3.86. The number of nitrogens with zero attached hydrogens (tertiary/aromatic N) is 2. The minimum absolute atomic E-state index is 0.450. The second kappa shape index (κ2) is 9.70. The summed E-state index contributed by atoms with van der Waals surface area (Å²) >= 11 is 0. The van der Waals surface area contributed by atoms with Crippen molar-refractivity contribution in [1.29, 1.82) is 0 Å². The molecule has 0 unspecified atom stereocenters. The second-order valence-electron chi connectivity index (χ2n) is 8.33. The Bertz CT molecular complexity index is 2330. The summed E-state index contributed by atoms with van der Waals surface area (Å²) in [6.07, 6.45) is 0. The van der Waals surface area contributed by atoms with Crippen LogP contribution in [0.25, 0.3) is 21.5 Å². The zero-order valence-electron chi connectivity index (χ0n) is 19.8. The predicted molar refractivity (Wildman–Crippen MR) is 138 cm³/mol. The lowest BCUT2D eigenvalue weighted by atomic mass is 10.1. The van der Waals surface area contributed by atoms with Crippen LogP contribution >= 0.6 is 0 Å². The van der Waals surface area contributed by atoms with Crippen molar-refractivity contribution in [3.05, 3.63) is 36.4 Å². The van der Waals surface area contributed by atoms with E-state index in [-0.39, 0.29) is 0 Å². The third-order valence-electron chi connectivity index (χ3n) is 5.61. The highest BCUT2D eigenvalue weighted by molar-refractivity contribution is 7.86. The minimum Gasteiger partial charge on any atom is -0.507 e. The van der Waals surface area contributed by atoms with E-state index in [0.717, 1.165) is 0 Å². The SMILES string of the molecule is O=S(=O)(O)c1cc(O)c2c(O)c(N=Nc3c(O)c(S(=O)(=O)O)cc4cc(S(=O)(=O)O)cc(O)c34)c(S(=O)(=O)O)cc2c1. The molecule has 0 aliphatic carbocycles. The molecule has 0 fully saturated rings. The fraction of sp³-hybridized carbons (Fsp3) is 0. The molecule has 8 N–H and O–H groups in total. The molecular weight excluding hydrogens is 652 g/mol. The average Bonchev–Trinajstić information content (AvgIpc) is 2.81. The zero-order chi connectivity index (χ0) is 31.7. The first-order valence-corrected chi connectivity index (χ1v) is 16.1. The molecule has 0 saturated heterocycles. The summed E-state index contributed by atoms with van der Waals surface area (Å²) in [6, 6.07) is 3.10. The summed E-state index contributed by atoms with van der Waals surface area (Å²) in [5.41, 5.74) is -2.27. The number of azo groups is 1. The molecule has 4 rings (SSSR count). The summed E-state index contributed by atoms with van der Waals surface area (Å²) in [6.45, 7) is 0. The first kappa shape index (κ1) is 30.8. The van der Waals surface area contributed by atoms with Crippen LogP contribution in [0.3, 0.4) is 0 Å². The van der Waals surface area contributed by atoms with Crippen molar-refractivity contribution in [2.45, 2.75) is 19.6 Å². The highest BCUT2D eigenvalue weighted by Gasteiger charge is 2.28. The summed E-state index contributed by atoms with van der Waals surface area (Å²) < 4.78 is 132. The Morgan fingerprint density at radius 3 is 1.31 bits per heavy atom. The van der Waals surface area contributed by atoms with Crippen molar-refractivity contribution in [3.63, 3.8) is 0 Å². The van der Waals surface area contributed by atoms with Crippen LogP contribution in [0.1, 0.15) is 0 Å². The van der Waals surface area contributed by atoms with Gasteiger partial charge in [0, 0.05) is 12.1 Å². The molecule has 4 aromatic rings. The van der Waals surface area contributed by atoms with Crippen LogP contribution in [0, 0.1) is 0 Å². The van der Waals surface area contributed by atoms with Crippen LogP contribution in [0.4, 0.5) is 11.4 Å². The molecule has 42 heavy (non-hydrogen) atoms. The van der Waals surface area contributed by atoms with Gasteiger partial charge in [0.25, 0.3) is 40.5 Å². The fourth-order valence-corrected chi connectivity index (χ4v) is 6.21. The predicted octanol–water partition coefficient (Wildman–Crippen LogP) is 2.22. The number of aromatic hydroxyl groups is 4. The molecule has 0 saturated carbocycles. The first-order valence-electron chi connectivity index (χ1n) is 10.4. The molecule has 4 aromatic carbocycles. The van der Waals surface area contributed by atoms with Gasteiger partial charge in [-0.1, -0.05) is 0 Å². The smallest absolute Gasteiger partial charge is 0.298 e. The van der Waals surface area contributed by atoms with Gasteiger partial charge in [-0.25, -0.2) is 0 Å². The third-order valence-corrected chi connectivity index (χ3v) is 9.00. The molecular formula is C20H14N2O16S4. The zero-order valence-corrected chi connectivity index (χ0v) is 23.1. The lowest BCUT2D eigenvalue weighted by molar-refractivity contribution is 0.443. The normalized spacial score (nSPS) is 13.3. The number of fused-ring (bicyclic) bond motifs is 2. The highest BCUT2D eigenvalue weighted by Crippen LogP contribution is 2.49. The molecule has 0 aromatic heterocycles. The van der Waals surface area contributed by atoms with E-state index in [2.05, 4.69) is 10.2 Å². The van der Waals surface area contributed by atoms with E-state index in [1.54, 1.807) is 0 Å². The number of phenolic OH excluding ortho intramolecular Hbond substituents is 4. The van der Waals surface area contributed by atoms with Crippen molar-refractivity contribution in [2.24, 2.45) is 10.2 Å². The maximum absolute atomic E-state index is 12.1. The van der Waals surface area contributed by atoms with E-state index in [4.69, 9.17) is 0 Å². The lowest BCUT2D eigenvalue weighted by Gasteiger charge is -2.13. The van der Waals surface area contributed by atoms with Gasteiger partial charge < -0.3 is 20.4 Å². The highest BCUT2D eigenvalue weighted by atomic mass is 32.2. The Labute approximate surface area is 234 Å². The van der Waals surface area contributed by atoms with Gasteiger partial charge in [-0.15, -0.1) is 10.2 Å². The van der Waals surface area contributed by atoms with Gasteiger partial charge in [-0.3, -0.25) is 18.2 Å². The Morgan fingerprint density at radius 1 is 0.452 bits per heavy atom. The molecule has 0 bridgehead atoms. The van der Waals surface area contributed by atoms with Crippen molar-refractivity contribution >= 4 is 73.4 Å². The van der Waals surface area contributed by atoms with E-state index in [0.29, 0.717) is 36.4 Å². The van der Waals surface area contributed by atoms with Crippen molar-refractivity contribution < 1.29 is 72.3 Å². The molecule has 224 valence electrons. The molecule has 18 nitrogen and oxygen atoms in total. The van der Waals surface area contributed by atoms with E-state index < -0.39 is 116 Å². The topological polar surface area (TPSA) is 323 Å². The number of hydrogen-bond donors (Lipinski definition) is 8. The summed E-state index contributed by atoms with van der Waals surface area (Å²) in [7, 11) is -20.7. The van der Waals surface area contributed by atoms with E-state index in [9.17, 15) is 72.3 Å². The largest absolute Gasteiger partial charge is 0.507 e. The van der Waals surface area contributed by atoms with Crippen molar-refractivity contribution in [1.82, 2.24) is 0 Å². The number of benzene rings is 4. The van der Waals surface area contributed by atoms with Crippen LogP contribution in [0.5, 0.6) is 23.0 Å². The Morgan fingerprint density at radius 2 is 0.857 bits per heavy atom. The summed E-state index contributed by atoms with van der Waals surface area (Å²) in [4.78, 5) is -4.54. The monoisotopic (exact) mass is 666 g/mol. The van der Waals surface area contributed by atoms with Gasteiger partial charge >= 0.3 is 0 Å². The van der Waals surface area contributed by atoms with Crippen LogP contribution in [0.15, 0.2) is 66.2 Å². The Hall–Kier alpha value is -4.16. The molecule has 0 aliphatic heterocycles. The summed E-state index contributed by atoms with van der Waals surface area (Å²) in [5.74, 6) is -4.83. The standard InChI is InChI=1S/C20H14N2O16S4/c23-11-5-9(39(27,28)29)1-7-4-14(42(36,37)38)19(25)18(15(7)11)22-21-17-13(41(33,34)35)3-8-2-10(40(30,31)32)6-12(24)16(8)20(17)26/h1-6,23-26H,(H,27,28,29)(H,30,31,32)(H,33,34,35)(H,36,37,38). The van der Waals surface area contributed by atoms with Gasteiger partial charge in [0.15, 0.2) is 11.5 Å². The maximum atomic E-state index is 12.1. The second-order valence-corrected chi connectivity index (χ2v) is 13.9. The molecule has 0 amide bonds. The number of rotatable bonds is 6. The van der Waals surface area contributed by atoms with Gasteiger partial charge in [0.1, 0.15) is 32.7 Å². The van der Waals surface area contributed by atoms with Crippen LogP contribution < -0.4 is 0 Å². The first-order chi connectivity index (χ1) is 19.0. The molecule has 0 spiro atoms. The molecule has 0 aliphatic rings. The lowest BCUT2D eigenvalue weighted by Crippen LogP contribution is -2.01. The van der Waals surface area contributed by atoms with Crippen molar-refractivity contribution in [3.8, 4) is 23.0 Å². The van der Waals surface area contributed by atoms with E-state index >= 15 is 0 Å². The summed E-state index contributed by atoms with van der Waals surface area (Å²) in [5, 5.41) is 46.3. The molecule has 0 atom stereocenters. The van der Waals surface area contributed by atoms with Crippen LogP contribution in [0.2, 0.25) is 0 Å². The van der Waals surface area contributed by atoms with E-state index in [1.807, 2.05) is 0 Å². The van der Waals surface area contributed by atoms with Gasteiger partial charge in [0.05, 0.1) is 20.6 Å². The third kappa shape index (κ3) is 5.51. The van der Waals surface area contributed by atoms with Crippen LogP contribution in [-0.4, -0.2) is 72.3 Å². The maximum Gasteiger partial charge on any atom is 0.298 e. The average molecular weight is 667 g/mol. The van der Waals surface area contributed by atoms with Gasteiger partial charge in [-0.2, -0.15) is 33.7 Å². The molecule has 22 heteroatoms. The number of phenols is 4.